The minimum absolute atomic E-state index is 0.133. The largest absolute Gasteiger partial charge is 0.328 e. The summed E-state index contributed by atoms with van der Waals surface area (Å²) in [5, 5.41) is 6.19. The van der Waals surface area contributed by atoms with Gasteiger partial charge in [-0.3, -0.25) is 9.78 Å². The van der Waals surface area contributed by atoms with Gasteiger partial charge in [-0.15, -0.1) is 0 Å². The van der Waals surface area contributed by atoms with Crippen molar-refractivity contribution in [3.63, 3.8) is 0 Å². The lowest BCUT2D eigenvalue weighted by Crippen LogP contribution is -2.31. The molecule has 32 heavy (non-hydrogen) atoms. The standard InChI is InChI=1S/C24H23Cl2N5O/c1-15(2)31-23-18(12-28-31)11-20(16(3)29-23)24(32)30(14-19-6-4-5-9-27-19)13-17-7-8-21(25)22(26)10-17/h4-12,15H,13-14H2,1-3H3. The van der Waals surface area contributed by atoms with Gasteiger partial charge in [0.05, 0.1) is 39.7 Å². The highest BCUT2D eigenvalue weighted by Crippen LogP contribution is 2.25. The maximum atomic E-state index is 13.7. The molecule has 0 atom stereocenters. The van der Waals surface area contributed by atoms with E-state index in [1.807, 2.05) is 55.8 Å². The highest BCUT2D eigenvalue weighted by molar-refractivity contribution is 6.42. The summed E-state index contributed by atoms with van der Waals surface area (Å²) in [6, 6.07) is 13.1. The fraction of sp³-hybridized carbons (Fsp3) is 0.250. The third kappa shape index (κ3) is 4.61. The van der Waals surface area contributed by atoms with Crippen LogP contribution in [0.15, 0.2) is 54.9 Å². The summed E-state index contributed by atoms with van der Waals surface area (Å²) in [4.78, 5) is 24.5. The number of hydrogen-bond donors (Lipinski definition) is 0. The van der Waals surface area contributed by atoms with Crippen LogP contribution in [-0.2, 0) is 13.1 Å². The Hall–Kier alpha value is -2.96. The normalized spacial score (nSPS) is 11.3. The van der Waals surface area contributed by atoms with Crippen molar-refractivity contribution < 1.29 is 4.79 Å². The van der Waals surface area contributed by atoms with E-state index in [9.17, 15) is 4.79 Å². The second-order valence-corrected chi connectivity index (χ2v) is 8.76. The number of halogens is 2. The summed E-state index contributed by atoms with van der Waals surface area (Å²) < 4.78 is 1.86. The van der Waals surface area contributed by atoms with Gasteiger partial charge in [0, 0.05) is 24.2 Å². The van der Waals surface area contributed by atoms with Crippen molar-refractivity contribution in [2.75, 3.05) is 0 Å². The number of aryl methyl sites for hydroxylation is 1. The summed E-state index contributed by atoms with van der Waals surface area (Å²) in [7, 11) is 0. The van der Waals surface area contributed by atoms with Crippen LogP contribution < -0.4 is 0 Å². The van der Waals surface area contributed by atoms with Crippen LogP contribution in [0.25, 0.3) is 11.0 Å². The zero-order chi connectivity index (χ0) is 22.8. The Balaban J connectivity index is 1.71. The molecule has 0 aliphatic heterocycles. The van der Waals surface area contributed by atoms with Crippen LogP contribution in [0.1, 0.15) is 47.2 Å². The van der Waals surface area contributed by atoms with Crippen molar-refractivity contribution >= 4 is 40.1 Å². The van der Waals surface area contributed by atoms with Crippen LogP contribution in [0.2, 0.25) is 10.0 Å². The molecule has 0 aliphatic carbocycles. The molecule has 0 unspecified atom stereocenters. The highest BCUT2D eigenvalue weighted by Gasteiger charge is 2.22. The first-order chi connectivity index (χ1) is 15.3. The fourth-order valence-corrected chi connectivity index (χ4v) is 3.90. The van der Waals surface area contributed by atoms with E-state index in [1.165, 1.54) is 0 Å². The first-order valence-corrected chi connectivity index (χ1v) is 11.1. The summed E-state index contributed by atoms with van der Waals surface area (Å²) >= 11 is 12.3. The highest BCUT2D eigenvalue weighted by atomic mass is 35.5. The van der Waals surface area contributed by atoms with E-state index >= 15 is 0 Å². The lowest BCUT2D eigenvalue weighted by atomic mass is 10.1. The van der Waals surface area contributed by atoms with E-state index in [1.54, 1.807) is 29.4 Å². The molecule has 1 aromatic carbocycles. The minimum Gasteiger partial charge on any atom is -0.328 e. The van der Waals surface area contributed by atoms with Crippen molar-refractivity contribution in [2.45, 2.75) is 39.9 Å². The van der Waals surface area contributed by atoms with Gasteiger partial charge in [0.2, 0.25) is 0 Å². The summed E-state index contributed by atoms with van der Waals surface area (Å²) in [6.45, 7) is 6.66. The van der Waals surface area contributed by atoms with Crippen molar-refractivity contribution in [1.82, 2.24) is 24.6 Å². The van der Waals surface area contributed by atoms with Crippen LogP contribution in [0.3, 0.4) is 0 Å². The second-order valence-electron chi connectivity index (χ2n) is 7.95. The molecule has 0 radical (unpaired) electrons. The molecule has 4 rings (SSSR count). The summed E-state index contributed by atoms with van der Waals surface area (Å²) in [5.74, 6) is -0.133. The third-order valence-corrected chi connectivity index (χ3v) is 5.94. The van der Waals surface area contributed by atoms with E-state index in [-0.39, 0.29) is 11.9 Å². The molecule has 6 nitrogen and oxygen atoms in total. The van der Waals surface area contributed by atoms with Crippen molar-refractivity contribution in [2.24, 2.45) is 0 Å². The Kier molecular flexibility index (Phi) is 6.44. The Morgan fingerprint density at radius 1 is 1.09 bits per heavy atom. The molecule has 3 aromatic heterocycles. The minimum atomic E-state index is -0.133. The zero-order valence-electron chi connectivity index (χ0n) is 18.1. The SMILES string of the molecule is Cc1nc2c(cnn2C(C)C)cc1C(=O)N(Cc1ccc(Cl)c(Cl)c1)Cc1ccccn1. The molecule has 164 valence electrons. The molecule has 0 bridgehead atoms. The Bertz CT molecular complexity index is 1270. The Morgan fingerprint density at radius 2 is 1.91 bits per heavy atom. The average molecular weight is 468 g/mol. The van der Waals surface area contributed by atoms with E-state index in [2.05, 4.69) is 10.1 Å². The van der Waals surface area contributed by atoms with Gasteiger partial charge < -0.3 is 4.90 Å². The van der Waals surface area contributed by atoms with Gasteiger partial charge in [-0.25, -0.2) is 9.67 Å². The fourth-order valence-electron chi connectivity index (χ4n) is 3.58. The zero-order valence-corrected chi connectivity index (χ0v) is 19.6. The van der Waals surface area contributed by atoms with Crippen LogP contribution in [0.5, 0.6) is 0 Å². The predicted octanol–water partition coefficient (Wildman–Crippen LogP) is 5.87. The number of carbonyl (C=O) groups excluding carboxylic acids is 1. The molecule has 3 heterocycles. The number of rotatable bonds is 6. The Morgan fingerprint density at radius 3 is 2.59 bits per heavy atom. The molecule has 0 N–H and O–H groups in total. The van der Waals surface area contributed by atoms with Gasteiger partial charge >= 0.3 is 0 Å². The van der Waals surface area contributed by atoms with Crippen molar-refractivity contribution in [1.29, 1.82) is 0 Å². The van der Waals surface area contributed by atoms with Crippen LogP contribution in [-0.4, -0.2) is 30.6 Å². The number of benzene rings is 1. The first kappa shape index (κ1) is 22.2. The number of aromatic nitrogens is 4. The summed E-state index contributed by atoms with van der Waals surface area (Å²) in [6.07, 6.45) is 3.47. The number of pyridine rings is 2. The average Bonchev–Trinajstić information content (AvgIpc) is 3.18. The molecular formula is C24H23Cl2N5O. The number of amides is 1. The summed E-state index contributed by atoms with van der Waals surface area (Å²) in [5.41, 5.74) is 3.64. The van der Waals surface area contributed by atoms with Crippen LogP contribution in [0, 0.1) is 6.92 Å². The molecular weight excluding hydrogens is 445 g/mol. The lowest BCUT2D eigenvalue weighted by molar-refractivity contribution is 0.0727. The molecule has 0 aliphatic rings. The maximum absolute atomic E-state index is 13.7. The van der Waals surface area contributed by atoms with E-state index in [0.29, 0.717) is 34.4 Å². The van der Waals surface area contributed by atoms with Gasteiger partial charge in [0.15, 0.2) is 5.65 Å². The number of nitrogens with zero attached hydrogens (tertiary/aromatic N) is 5. The molecule has 0 saturated heterocycles. The third-order valence-electron chi connectivity index (χ3n) is 5.20. The van der Waals surface area contributed by atoms with Gasteiger partial charge in [-0.05, 0) is 56.7 Å². The lowest BCUT2D eigenvalue weighted by Gasteiger charge is -2.23. The number of carbonyl (C=O) groups is 1. The molecule has 1 amide bonds. The molecule has 0 saturated carbocycles. The molecule has 0 fully saturated rings. The maximum Gasteiger partial charge on any atom is 0.256 e. The van der Waals surface area contributed by atoms with Gasteiger partial charge in [-0.2, -0.15) is 5.10 Å². The molecule has 8 heteroatoms. The van der Waals surface area contributed by atoms with Crippen LogP contribution in [0.4, 0.5) is 0 Å². The number of fused-ring (bicyclic) bond motifs is 1. The van der Waals surface area contributed by atoms with E-state index in [0.717, 1.165) is 22.3 Å². The second kappa shape index (κ2) is 9.27. The van der Waals surface area contributed by atoms with Crippen LogP contribution >= 0.6 is 23.2 Å². The molecule has 0 spiro atoms. The van der Waals surface area contributed by atoms with E-state index < -0.39 is 0 Å². The van der Waals surface area contributed by atoms with Gasteiger partial charge in [0.1, 0.15) is 0 Å². The smallest absolute Gasteiger partial charge is 0.256 e. The van der Waals surface area contributed by atoms with Crippen molar-refractivity contribution in [3.8, 4) is 0 Å². The number of hydrogen-bond acceptors (Lipinski definition) is 4. The topological polar surface area (TPSA) is 63.9 Å². The Labute approximate surface area is 196 Å². The quantitative estimate of drug-likeness (QED) is 0.355. The molecule has 4 aromatic rings. The van der Waals surface area contributed by atoms with Gasteiger partial charge in [-0.1, -0.05) is 35.3 Å². The van der Waals surface area contributed by atoms with Crippen molar-refractivity contribution in [3.05, 3.63) is 87.4 Å². The van der Waals surface area contributed by atoms with E-state index in [4.69, 9.17) is 28.2 Å². The first-order valence-electron chi connectivity index (χ1n) is 10.3. The monoisotopic (exact) mass is 467 g/mol. The predicted molar refractivity (Wildman–Crippen MR) is 127 cm³/mol. The van der Waals surface area contributed by atoms with Gasteiger partial charge in [0.25, 0.3) is 5.91 Å².